The molecule has 150 valence electrons. The average molecular weight is 406 g/mol. The van der Waals surface area contributed by atoms with Gasteiger partial charge in [-0.15, -0.1) is 0 Å². The van der Waals surface area contributed by atoms with Crippen molar-refractivity contribution in [3.8, 4) is 5.75 Å². The number of carbonyl (C=O) groups is 1. The summed E-state index contributed by atoms with van der Waals surface area (Å²) in [6, 6.07) is 15.5. The van der Waals surface area contributed by atoms with Crippen molar-refractivity contribution >= 4 is 15.9 Å². The quantitative estimate of drug-likeness (QED) is 0.475. The minimum Gasteiger partial charge on any atom is -0.489 e. The molecule has 0 aromatic heterocycles. The Morgan fingerprint density at radius 1 is 1.07 bits per heavy atom. The van der Waals surface area contributed by atoms with Crippen LogP contribution in [0.4, 0.5) is 0 Å². The van der Waals surface area contributed by atoms with E-state index in [0.717, 1.165) is 5.56 Å². The molecule has 0 atom stereocenters. The van der Waals surface area contributed by atoms with Crippen LogP contribution < -0.4 is 14.9 Å². The number of hydrogen-bond acceptors (Lipinski definition) is 6. The topological polar surface area (TPSA) is 114 Å². The predicted octanol–water partition coefficient (Wildman–Crippen LogP) is 1.60. The molecule has 2 aromatic rings. The highest BCUT2D eigenvalue weighted by atomic mass is 32.2. The average Bonchev–Trinajstić information content (AvgIpc) is 2.73. The molecule has 1 fully saturated rings. The van der Waals surface area contributed by atoms with Gasteiger partial charge in [-0.05, 0) is 42.7 Å². The molecule has 1 aliphatic rings. The summed E-state index contributed by atoms with van der Waals surface area (Å²) >= 11 is 0. The smallest absolute Gasteiger partial charge is 0.264 e. The summed E-state index contributed by atoms with van der Waals surface area (Å²) in [6.07, 6.45) is 0.244. The van der Waals surface area contributed by atoms with Gasteiger partial charge in [-0.3, -0.25) is 10.0 Å². The number of nitrogens with one attached hydrogen (secondary N) is 2. The number of carbonyl (C=O) groups excluding carboxylic acids is 1. The first-order chi connectivity index (χ1) is 13.5. The van der Waals surface area contributed by atoms with Crippen LogP contribution in [-0.2, 0) is 26.2 Å². The number of benzene rings is 2. The van der Waals surface area contributed by atoms with Gasteiger partial charge in [0.1, 0.15) is 17.9 Å². The fourth-order valence-electron chi connectivity index (χ4n) is 2.97. The third kappa shape index (κ3) is 4.68. The Kier molecular flexibility index (Phi) is 6.30. The maximum atomic E-state index is 12.8. The summed E-state index contributed by atoms with van der Waals surface area (Å²) in [4.78, 5) is 12.1. The van der Waals surface area contributed by atoms with Crippen LogP contribution in [0.15, 0.2) is 59.5 Å². The van der Waals surface area contributed by atoms with Crippen molar-refractivity contribution in [1.82, 2.24) is 10.2 Å². The van der Waals surface area contributed by atoms with Gasteiger partial charge >= 0.3 is 0 Å². The van der Waals surface area contributed by atoms with Gasteiger partial charge in [0.05, 0.1) is 4.90 Å². The van der Waals surface area contributed by atoms with E-state index in [1.807, 2.05) is 30.3 Å². The van der Waals surface area contributed by atoms with Crippen LogP contribution in [0.3, 0.4) is 0 Å². The molecule has 9 heteroatoms. The first-order valence-corrected chi connectivity index (χ1v) is 10.3. The van der Waals surface area contributed by atoms with E-state index in [4.69, 9.17) is 14.7 Å². The number of hydrogen-bond donors (Lipinski definition) is 3. The van der Waals surface area contributed by atoms with Gasteiger partial charge in [0.15, 0.2) is 0 Å². The lowest BCUT2D eigenvalue weighted by atomic mass is 9.91. The summed E-state index contributed by atoms with van der Waals surface area (Å²) in [5.41, 5.74) is 1.10. The van der Waals surface area contributed by atoms with Gasteiger partial charge in [-0.25, -0.2) is 13.9 Å². The minimum atomic E-state index is -3.99. The van der Waals surface area contributed by atoms with Crippen molar-refractivity contribution in [1.29, 1.82) is 0 Å². The molecule has 28 heavy (non-hydrogen) atoms. The number of ether oxygens (including phenoxy) is 2. The van der Waals surface area contributed by atoms with E-state index in [-0.39, 0.29) is 31.0 Å². The number of rotatable bonds is 7. The van der Waals surface area contributed by atoms with Crippen LogP contribution in [0, 0.1) is 0 Å². The second-order valence-corrected chi connectivity index (χ2v) is 8.17. The lowest BCUT2D eigenvalue weighted by Crippen LogP contribution is -2.60. The monoisotopic (exact) mass is 406 g/mol. The summed E-state index contributed by atoms with van der Waals surface area (Å²) in [6.45, 7) is 0.787. The van der Waals surface area contributed by atoms with Crippen molar-refractivity contribution in [3.05, 3.63) is 60.2 Å². The Labute approximate surface area is 163 Å². The van der Waals surface area contributed by atoms with E-state index in [0.29, 0.717) is 12.4 Å². The Hall–Kier alpha value is -2.46. The van der Waals surface area contributed by atoms with E-state index < -0.39 is 21.5 Å². The zero-order valence-corrected chi connectivity index (χ0v) is 15.9. The second kappa shape index (κ2) is 8.70. The van der Waals surface area contributed by atoms with E-state index >= 15 is 0 Å². The molecule has 1 heterocycles. The van der Waals surface area contributed by atoms with Crippen molar-refractivity contribution in [2.45, 2.75) is 29.9 Å². The SMILES string of the molecule is O=C(NO)C1(NS(=O)(=O)c2ccc(OCc3ccccc3)cc2)CCOCC1. The normalized spacial score (nSPS) is 16.3. The molecule has 3 N–H and O–H groups in total. The van der Waals surface area contributed by atoms with Crippen molar-refractivity contribution in [3.63, 3.8) is 0 Å². The standard InChI is InChI=1S/C19H22N2O6S/c22-18(20-23)19(10-12-26-13-11-19)21-28(24,25)17-8-6-16(7-9-17)27-14-15-4-2-1-3-5-15/h1-9,21,23H,10-14H2,(H,20,22). The molecular formula is C19H22N2O6S. The first kappa shape index (κ1) is 20.3. The highest BCUT2D eigenvalue weighted by Gasteiger charge is 2.43. The van der Waals surface area contributed by atoms with Crippen LogP contribution in [0.2, 0.25) is 0 Å². The van der Waals surface area contributed by atoms with Gasteiger partial charge in [0, 0.05) is 13.2 Å². The highest BCUT2D eigenvalue weighted by Crippen LogP contribution is 2.25. The molecule has 0 radical (unpaired) electrons. The van der Waals surface area contributed by atoms with Crippen molar-refractivity contribution in [2.24, 2.45) is 0 Å². The molecule has 1 amide bonds. The Morgan fingerprint density at radius 2 is 1.71 bits per heavy atom. The van der Waals surface area contributed by atoms with Crippen LogP contribution in [0.1, 0.15) is 18.4 Å². The molecule has 0 aliphatic carbocycles. The van der Waals surface area contributed by atoms with Crippen LogP contribution in [0.25, 0.3) is 0 Å². The zero-order valence-electron chi connectivity index (χ0n) is 15.1. The summed E-state index contributed by atoms with van der Waals surface area (Å²) in [5.74, 6) is -0.279. The molecule has 1 saturated heterocycles. The van der Waals surface area contributed by atoms with Crippen LogP contribution >= 0.6 is 0 Å². The van der Waals surface area contributed by atoms with E-state index in [1.165, 1.54) is 12.1 Å². The molecule has 0 saturated carbocycles. The largest absolute Gasteiger partial charge is 0.489 e. The number of amides is 1. The summed E-state index contributed by atoms with van der Waals surface area (Å²) < 4.78 is 38.8. The third-order valence-corrected chi connectivity index (χ3v) is 6.15. The van der Waals surface area contributed by atoms with Gasteiger partial charge in [-0.2, -0.15) is 4.72 Å². The fourth-order valence-corrected chi connectivity index (χ4v) is 4.40. The minimum absolute atomic E-state index is 0.00355. The van der Waals surface area contributed by atoms with Gasteiger partial charge in [0.2, 0.25) is 10.0 Å². The Morgan fingerprint density at radius 3 is 2.32 bits per heavy atom. The fraction of sp³-hybridized carbons (Fsp3) is 0.316. The molecule has 3 rings (SSSR count). The lowest BCUT2D eigenvalue weighted by Gasteiger charge is -2.35. The molecule has 2 aromatic carbocycles. The third-order valence-electron chi connectivity index (χ3n) is 4.59. The maximum absolute atomic E-state index is 12.8. The number of hydroxylamine groups is 1. The molecular weight excluding hydrogens is 384 g/mol. The summed E-state index contributed by atoms with van der Waals surface area (Å²) in [7, 11) is -3.99. The Bertz CT molecular complexity index is 894. The highest BCUT2D eigenvalue weighted by molar-refractivity contribution is 7.89. The molecule has 0 spiro atoms. The van der Waals surface area contributed by atoms with Gasteiger partial charge < -0.3 is 9.47 Å². The van der Waals surface area contributed by atoms with E-state index in [1.54, 1.807) is 17.6 Å². The van der Waals surface area contributed by atoms with Crippen molar-refractivity contribution < 1.29 is 27.9 Å². The van der Waals surface area contributed by atoms with Crippen LogP contribution in [0.5, 0.6) is 5.75 Å². The molecule has 1 aliphatic heterocycles. The van der Waals surface area contributed by atoms with Crippen molar-refractivity contribution in [2.75, 3.05) is 13.2 Å². The first-order valence-electron chi connectivity index (χ1n) is 8.78. The summed E-state index contributed by atoms with van der Waals surface area (Å²) in [5, 5.41) is 9.02. The zero-order chi connectivity index (χ0) is 20.0. The molecule has 0 bridgehead atoms. The Balaban J connectivity index is 1.71. The lowest BCUT2D eigenvalue weighted by molar-refractivity contribution is -0.139. The van der Waals surface area contributed by atoms with Crippen LogP contribution in [-0.4, -0.2) is 38.3 Å². The second-order valence-electron chi connectivity index (χ2n) is 6.49. The maximum Gasteiger partial charge on any atom is 0.264 e. The van der Waals surface area contributed by atoms with Gasteiger partial charge in [-0.1, -0.05) is 30.3 Å². The number of sulfonamides is 1. The molecule has 8 nitrogen and oxygen atoms in total. The van der Waals surface area contributed by atoms with E-state index in [9.17, 15) is 13.2 Å². The van der Waals surface area contributed by atoms with Gasteiger partial charge in [0.25, 0.3) is 5.91 Å². The molecule has 0 unspecified atom stereocenters. The van der Waals surface area contributed by atoms with E-state index in [2.05, 4.69) is 4.72 Å². The predicted molar refractivity (Wildman–Crippen MR) is 100 cm³/mol.